The molecule has 0 unspecified atom stereocenters. The van der Waals surface area contributed by atoms with Crippen LogP contribution in [0.4, 0.5) is 0 Å². The van der Waals surface area contributed by atoms with Crippen molar-refractivity contribution >= 4 is 16.2 Å². The Morgan fingerprint density at radius 3 is 2.67 bits per heavy atom. The lowest BCUT2D eigenvalue weighted by atomic mass is 10.3. The number of nitrogens with one attached hydrogen (secondary N) is 1. The van der Waals surface area contributed by atoms with Gasteiger partial charge in [0.15, 0.2) is 0 Å². The topological polar surface area (TPSA) is 90.1 Å². The van der Waals surface area contributed by atoms with E-state index in [0.29, 0.717) is 11.5 Å². The smallest absolute Gasteiger partial charge is 0.280 e. The minimum Gasteiger partial charge on any atom is -0.497 e. The Labute approximate surface area is 122 Å². The zero-order chi connectivity index (χ0) is 15.3. The number of hydrogen-bond acceptors (Lipinski definition) is 6. The molecule has 0 radical (unpaired) electrons. The van der Waals surface area contributed by atoms with E-state index in [1.165, 1.54) is 38.8 Å². The number of hydrogen-bond donors (Lipinski definition) is 1. The third-order valence-electron chi connectivity index (χ3n) is 2.57. The molecule has 1 aromatic heterocycles. The van der Waals surface area contributed by atoms with Gasteiger partial charge in [-0.05, 0) is 24.3 Å². The van der Waals surface area contributed by atoms with Crippen LogP contribution < -0.4 is 14.3 Å². The van der Waals surface area contributed by atoms with Crippen LogP contribution in [0.1, 0.15) is 5.76 Å². The van der Waals surface area contributed by atoms with Gasteiger partial charge in [0.25, 0.3) is 10.0 Å². The van der Waals surface area contributed by atoms with Crippen molar-refractivity contribution in [2.75, 3.05) is 14.2 Å². The third-order valence-corrected chi connectivity index (χ3v) is 3.81. The molecule has 0 aliphatic carbocycles. The molecule has 0 spiro atoms. The van der Waals surface area contributed by atoms with Crippen LogP contribution in [-0.2, 0) is 10.0 Å². The van der Waals surface area contributed by atoms with Gasteiger partial charge in [-0.2, -0.15) is 18.4 Å². The van der Waals surface area contributed by atoms with Crippen LogP contribution in [0.5, 0.6) is 11.5 Å². The molecule has 0 saturated heterocycles. The minimum absolute atomic E-state index is 0.0686. The zero-order valence-electron chi connectivity index (χ0n) is 11.4. The Hall–Kier alpha value is -2.48. The van der Waals surface area contributed by atoms with Crippen molar-refractivity contribution in [3.63, 3.8) is 0 Å². The van der Waals surface area contributed by atoms with Gasteiger partial charge in [0.1, 0.15) is 22.2 Å². The van der Waals surface area contributed by atoms with E-state index in [-0.39, 0.29) is 10.6 Å². The molecule has 0 bridgehead atoms. The second kappa shape index (κ2) is 6.31. The van der Waals surface area contributed by atoms with Gasteiger partial charge in [0.2, 0.25) is 0 Å². The molecule has 7 nitrogen and oxygen atoms in total. The lowest BCUT2D eigenvalue weighted by Crippen LogP contribution is -2.19. The van der Waals surface area contributed by atoms with Crippen molar-refractivity contribution in [3.8, 4) is 11.5 Å². The highest BCUT2D eigenvalue weighted by atomic mass is 32.2. The molecule has 1 aromatic carbocycles. The molecule has 8 heteroatoms. The molecule has 0 fully saturated rings. The van der Waals surface area contributed by atoms with Gasteiger partial charge < -0.3 is 13.9 Å². The number of sulfonamides is 1. The summed E-state index contributed by atoms with van der Waals surface area (Å²) in [6.45, 7) is 0. The second-order valence-corrected chi connectivity index (χ2v) is 5.51. The van der Waals surface area contributed by atoms with Crippen LogP contribution in [-0.4, -0.2) is 28.9 Å². The fourth-order valence-electron chi connectivity index (χ4n) is 1.57. The third kappa shape index (κ3) is 3.54. The summed E-state index contributed by atoms with van der Waals surface area (Å²) < 4.78 is 39.5. The number of rotatable bonds is 6. The molecule has 21 heavy (non-hydrogen) atoms. The number of nitrogens with zero attached hydrogens (tertiary/aromatic N) is 1. The Bertz CT molecular complexity index is 723. The van der Waals surface area contributed by atoms with Gasteiger partial charge in [-0.15, -0.1) is 0 Å². The minimum atomic E-state index is -3.88. The second-order valence-electron chi connectivity index (χ2n) is 3.89. The highest BCUT2D eigenvalue weighted by Crippen LogP contribution is 2.27. The average Bonchev–Trinajstić information content (AvgIpc) is 2.99. The predicted molar refractivity (Wildman–Crippen MR) is 76.2 cm³/mol. The first-order valence-electron chi connectivity index (χ1n) is 5.87. The first-order valence-corrected chi connectivity index (χ1v) is 7.35. The fourth-order valence-corrected chi connectivity index (χ4v) is 2.54. The largest absolute Gasteiger partial charge is 0.497 e. The quantitative estimate of drug-likeness (QED) is 0.646. The van der Waals surface area contributed by atoms with Crippen LogP contribution in [0.25, 0.3) is 0 Å². The summed E-state index contributed by atoms with van der Waals surface area (Å²) in [6, 6.07) is 7.77. The van der Waals surface area contributed by atoms with Crippen LogP contribution in [0, 0.1) is 0 Å². The van der Waals surface area contributed by atoms with Gasteiger partial charge in [0.05, 0.1) is 26.7 Å². The number of benzene rings is 1. The van der Waals surface area contributed by atoms with E-state index in [9.17, 15) is 8.42 Å². The molecule has 1 heterocycles. The molecule has 0 saturated carbocycles. The SMILES string of the molecule is COc1ccc(OC)c(S(=O)(=O)NN=Cc2ccco2)c1. The van der Waals surface area contributed by atoms with E-state index < -0.39 is 10.0 Å². The average molecular weight is 310 g/mol. The van der Waals surface area contributed by atoms with Crippen molar-refractivity contribution in [2.24, 2.45) is 5.10 Å². The lowest BCUT2D eigenvalue weighted by Gasteiger charge is -2.10. The zero-order valence-corrected chi connectivity index (χ0v) is 12.3. The first-order chi connectivity index (χ1) is 10.1. The van der Waals surface area contributed by atoms with Crippen LogP contribution >= 0.6 is 0 Å². The van der Waals surface area contributed by atoms with E-state index in [0.717, 1.165) is 0 Å². The predicted octanol–water partition coefficient (Wildman–Crippen LogP) is 1.61. The van der Waals surface area contributed by atoms with Crippen molar-refractivity contribution in [3.05, 3.63) is 42.4 Å². The maximum absolute atomic E-state index is 12.2. The molecule has 0 atom stereocenters. The number of ether oxygens (including phenoxy) is 2. The molecule has 112 valence electrons. The number of furan rings is 1. The normalized spacial score (nSPS) is 11.5. The standard InChI is InChI=1S/C13H14N2O5S/c1-18-10-5-6-12(19-2)13(8-10)21(16,17)15-14-9-11-4-3-7-20-11/h3-9,15H,1-2H3. The fraction of sp³-hybridized carbons (Fsp3) is 0.154. The molecule has 0 aliphatic heterocycles. The summed E-state index contributed by atoms with van der Waals surface area (Å²) in [5.41, 5.74) is 0. The summed E-state index contributed by atoms with van der Waals surface area (Å²) in [5.74, 6) is 1.01. The molecule has 2 aromatic rings. The summed E-state index contributed by atoms with van der Waals surface area (Å²) in [4.78, 5) is 2.02. The summed E-state index contributed by atoms with van der Waals surface area (Å²) in [7, 11) is -1.06. The maximum atomic E-state index is 12.2. The van der Waals surface area contributed by atoms with Crippen LogP contribution in [0.15, 0.2) is 51.0 Å². The Morgan fingerprint density at radius 1 is 1.24 bits per heavy atom. The molecular weight excluding hydrogens is 296 g/mol. The van der Waals surface area contributed by atoms with E-state index in [1.54, 1.807) is 18.2 Å². The molecule has 2 rings (SSSR count). The summed E-state index contributed by atoms with van der Waals surface area (Å²) >= 11 is 0. The van der Waals surface area contributed by atoms with E-state index in [1.807, 2.05) is 0 Å². The Balaban J connectivity index is 2.26. The number of methoxy groups -OCH3 is 2. The maximum Gasteiger partial charge on any atom is 0.280 e. The highest BCUT2D eigenvalue weighted by molar-refractivity contribution is 7.89. The lowest BCUT2D eigenvalue weighted by molar-refractivity contribution is 0.392. The van der Waals surface area contributed by atoms with Crippen molar-refractivity contribution in [1.82, 2.24) is 4.83 Å². The van der Waals surface area contributed by atoms with Gasteiger partial charge in [-0.3, -0.25) is 0 Å². The van der Waals surface area contributed by atoms with E-state index in [2.05, 4.69) is 9.93 Å². The molecule has 1 N–H and O–H groups in total. The number of hydrazone groups is 1. The van der Waals surface area contributed by atoms with Crippen molar-refractivity contribution in [2.45, 2.75) is 4.90 Å². The monoisotopic (exact) mass is 310 g/mol. The van der Waals surface area contributed by atoms with Gasteiger partial charge in [0, 0.05) is 6.07 Å². The summed E-state index contributed by atoms with van der Waals surface area (Å²) in [5, 5.41) is 3.64. The molecule has 0 aliphatic rings. The van der Waals surface area contributed by atoms with E-state index in [4.69, 9.17) is 13.9 Å². The summed E-state index contributed by atoms with van der Waals surface area (Å²) in [6.07, 6.45) is 2.71. The van der Waals surface area contributed by atoms with Crippen LogP contribution in [0.2, 0.25) is 0 Å². The van der Waals surface area contributed by atoms with Crippen LogP contribution in [0.3, 0.4) is 0 Å². The molecular formula is C13H14N2O5S. The Morgan fingerprint density at radius 2 is 2.05 bits per heavy atom. The van der Waals surface area contributed by atoms with Gasteiger partial charge in [-0.1, -0.05) is 0 Å². The van der Waals surface area contributed by atoms with Gasteiger partial charge >= 0.3 is 0 Å². The van der Waals surface area contributed by atoms with Crippen molar-refractivity contribution in [1.29, 1.82) is 0 Å². The highest BCUT2D eigenvalue weighted by Gasteiger charge is 2.19. The van der Waals surface area contributed by atoms with E-state index >= 15 is 0 Å². The first kappa shape index (κ1) is 14.9. The van der Waals surface area contributed by atoms with Crippen molar-refractivity contribution < 1.29 is 22.3 Å². The Kier molecular flexibility index (Phi) is 4.49. The van der Waals surface area contributed by atoms with Gasteiger partial charge in [-0.25, -0.2) is 0 Å². The molecule has 0 amide bonds.